The summed E-state index contributed by atoms with van der Waals surface area (Å²) in [5, 5.41) is 18.3. The number of para-hydroxylation sites is 1. The molecule has 0 spiro atoms. The van der Waals surface area contributed by atoms with Crippen LogP contribution >= 0.6 is 0 Å². The number of aromatic nitrogens is 3. The van der Waals surface area contributed by atoms with Gasteiger partial charge in [0.1, 0.15) is 11.7 Å². The minimum absolute atomic E-state index is 0.396. The molecule has 126 valence electrons. The molecule has 1 atom stereocenters. The van der Waals surface area contributed by atoms with Crippen molar-refractivity contribution < 1.29 is 9.90 Å². The van der Waals surface area contributed by atoms with Crippen LogP contribution in [0.4, 0.5) is 0 Å². The van der Waals surface area contributed by atoms with Crippen molar-refractivity contribution >= 4 is 5.97 Å². The maximum Gasteiger partial charge on any atom is 0.320 e. The summed E-state index contributed by atoms with van der Waals surface area (Å²) < 4.78 is 1.94. The summed E-state index contributed by atoms with van der Waals surface area (Å²) in [7, 11) is 0. The van der Waals surface area contributed by atoms with Crippen molar-refractivity contribution in [1.29, 1.82) is 0 Å². The molecule has 1 N–H and O–H groups in total. The summed E-state index contributed by atoms with van der Waals surface area (Å²) >= 11 is 0. The highest BCUT2D eigenvalue weighted by atomic mass is 16.4. The molecule has 2 aliphatic rings. The van der Waals surface area contributed by atoms with Crippen molar-refractivity contribution in [3.63, 3.8) is 0 Å². The van der Waals surface area contributed by atoms with Crippen LogP contribution < -0.4 is 0 Å². The van der Waals surface area contributed by atoms with Gasteiger partial charge in [-0.15, -0.1) is 5.10 Å². The molecule has 1 unspecified atom stereocenters. The Morgan fingerprint density at radius 2 is 1.96 bits per heavy atom. The number of hydrogen-bond acceptors (Lipinski definition) is 4. The molecule has 1 saturated carbocycles. The first-order chi connectivity index (χ1) is 11.7. The molecule has 1 aliphatic carbocycles. The number of likely N-dealkylation sites (tertiary alicyclic amines) is 1. The third kappa shape index (κ3) is 2.94. The SMILES string of the molecule is O=C(O)C1CCCCN1Cc1nnn(-c2ccccc2)c1C1CC1. The van der Waals surface area contributed by atoms with Crippen LogP contribution in [-0.2, 0) is 11.3 Å². The molecular weight excluding hydrogens is 304 g/mol. The third-order valence-electron chi connectivity index (χ3n) is 5.00. The van der Waals surface area contributed by atoms with E-state index in [1.165, 1.54) is 0 Å². The minimum Gasteiger partial charge on any atom is -0.480 e. The number of rotatable bonds is 5. The van der Waals surface area contributed by atoms with Crippen molar-refractivity contribution in [2.24, 2.45) is 0 Å². The van der Waals surface area contributed by atoms with Crippen LogP contribution in [0.15, 0.2) is 30.3 Å². The van der Waals surface area contributed by atoms with E-state index in [2.05, 4.69) is 15.2 Å². The minimum atomic E-state index is -0.724. The van der Waals surface area contributed by atoms with Gasteiger partial charge in [-0.2, -0.15) is 0 Å². The number of carboxylic acid groups (broad SMARTS) is 1. The molecule has 1 aliphatic heterocycles. The lowest BCUT2D eigenvalue weighted by molar-refractivity contribution is -0.144. The third-order valence-corrected chi connectivity index (χ3v) is 5.00. The highest BCUT2D eigenvalue weighted by Gasteiger charge is 2.34. The lowest BCUT2D eigenvalue weighted by atomic mass is 10.0. The predicted molar refractivity (Wildman–Crippen MR) is 89.0 cm³/mol. The lowest BCUT2D eigenvalue weighted by Crippen LogP contribution is -2.44. The maximum absolute atomic E-state index is 11.5. The number of piperidine rings is 1. The fourth-order valence-electron chi connectivity index (χ4n) is 3.61. The fourth-order valence-corrected chi connectivity index (χ4v) is 3.61. The Morgan fingerprint density at radius 1 is 1.17 bits per heavy atom. The molecule has 1 aromatic carbocycles. The zero-order chi connectivity index (χ0) is 16.5. The van der Waals surface area contributed by atoms with Crippen molar-refractivity contribution in [2.45, 2.75) is 50.6 Å². The molecule has 2 fully saturated rings. The second kappa shape index (κ2) is 6.36. The van der Waals surface area contributed by atoms with Crippen LogP contribution in [0.2, 0.25) is 0 Å². The topological polar surface area (TPSA) is 71.2 Å². The summed E-state index contributed by atoms with van der Waals surface area (Å²) in [5.41, 5.74) is 3.12. The van der Waals surface area contributed by atoms with Crippen molar-refractivity contribution in [2.75, 3.05) is 6.54 Å². The first kappa shape index (κ1) is 15.3. The molecule has 2 heterocycles. The number of hydrogen-bond donors (Lipinski definition) is 1. The molecule has 6 nitrogen and oxygen atoms in total. The Hall–Kier alpha value is -2.21. The van der Waals surface area contributed by atoms with Crippen LogP contribution in [-0.4, -0.2) is 43.6 Å². The van der Waals surface area contributed by atoms with E-state index in [0.717, 1.165) is 55.7 Å². The number of benzene rings is 1. The van der Waals surface area contributed by atoms with E-state index in [1.54, 1.807) is 0 Å². The van der Waals surface area contributed by atoms with Crippen molar-refractivity contribution in [3.05, 3.63) is 41.7 Å². The van der Waals surface area contributed by atoms with Gasteiger partial charge in [-0.05, 0) is 44.4 Å². The number of aliphatic carboxylic acids is 1. The summed E-state index contributed by atoms with van der Waals surface area (Å²) in [6, 6.07) is 9.66. The summed E-state index contributed by atoms with van der Waals surface area (Å²) in [6.45, 7) is 1.40. The summed E-state index contributed by atoms with van der Waals surface area (Å²) in [4.78, 5) is 13.6. The first-order valence-electron chi connectivity index (χ1n) is 8.71. The number of nitrogens with zero attached hydrogens (tertiary/aromatic N) is 4. The van der Waals surface area contributed by atoms with E-state index >= 15 is 0 Å². The second-order valence-corrected chi connectivity index (χ2v) is 6.76. The van der Waals surface area contributed by atoms with Crippen LogP contribution in [0.1, 0.15) is 49.4 Å². The van der Waals surface area contributed by atoms with Crippen molar-refractivity contribution in [1.82, 2.24) is 19.9 Å². The van der Waals surface area contributed by atoms with E-state index in [-0.39, 0.29) is 0 Å². The molecule has 6 heteroatoms. The van der Waals surface area contributed by atoms with E-state index in [9.17, 15) is 9.90 Å². The van der Waals surface area contributed by atoms with Crippen LogP contribution in [0.25, 0.3) is 5.69 Å². The summed E-state index contributed by atoms with van der Waals surface area (Å²) in [6.07, 6.45) is 5.08. The molecule has 1 saturated heterocycles. The van der Waals surface area contributed by atoms with E-state index < -0.39 is 12.0 Å². The molecule has 2 aromatic rings. The standard InChI is InChI=1S/C18H22N4O2/c23-18(24)16-8-4-5-11-21(16)12-15-17(13-9-10-13)22(20-19-15)14-6-2-1-3-7-14/h1-3,6-7,13,16H,4-5,8-12H2,(H,23,24). The Kier molecular flexibility index (Phi) is 4.06. The summed E-state index contributed by atoms with van der Waals surface area (Å²) in [5.74, 6) is -0.221. The van der Waals surface area contributed by atoms with Gasteiger partial charge in [-0.1, -0.05) is 29.8 Å². The quantitative estimate of drug-likeness (QED) is 0.914. The zero-order valence-electron chi connectivity index (χ0n) is 13.6. The molecule has 0 amide bonds. The second-order valence-electron chi connectivity index (χ2n) is 6.76. The lowest BCUT2D eigenvalue weighted by Gasteiger charge is -2.32. The first-order valence-corrected chi connectivity index (χ1v) is 8.71. The van der Waals surface area contributed by atoms with Crippen molar-refractivity contribution in [3.8, 4) is 5.69 Å². The van der Waals surface area contributed by atoms with E-state index in [0.29, 0.717) is 12.5 Å². The zero-order valence-corrected chi connectivity index (χ0v) is 13.6. The van der Waals surface area contributed by atoms with Crippen LogP contribution in [0.3, 0.4) is 0 Å². The Morgan fingerprint density at radius 3 is 2.67 bits per heavy atom. The molecular formula is C18H22N4O2. The van der Waals surface area contributed by atoms with Gasteiger partial charge in [-0.3, -0.25) is 9.69 Å². The highest BCUT2D eigenvalue weighted by molar-refractivity contribution is 5.73. The van der Waals surface area contributed by atoms with Crippen LogP contribution in [0.5, 0.6) is 0 Å². The van der Waals surface area contributed by atoms with Gasteiger partial charge < -0.3 is 5.11 Å². The predicted octanol–water partition coefficient (Wildman–Crippen LogP) is 2.58. The average molecular weight is 326 g/mol. The Bertz CT molecular complexity index is 724. The van der Waals surface area contributed by atoms with Gasteiger partial charge in [-0.25, -0.2) is 4.68 Å². The fraction of sp³-hybridized carbons (Fsp3) is 0.500. The molecule has 24 heavy (non-hydrogen) atoms. The van der Waals surface area contributed by atoms with Gasteiger partial charge in [0.25, 0.3) is 0 Å². The molecule has 1 aromatic heterocycles. The van der Waals surface area contributed by atoms with Gasteiger partial charge in [0.15, 0.2) is 0 Å². The molecule has 4 rings (SSSR count). The maximum atomic E-state index is 11.5. The van der Waals surface area contributed by atoms with Crippen LogP contribution in [0, 0.1) is 0 Å². The Labute approximate surface area is 141 Å². The average Bonchev–Trinajstić information content (AvgIpc) is 3.36. The normalized spacial score (nSPS) is 21.8. The number of carbonyl (C=O) groups is 1. The van der Waals surface area contributed by atoms with Gasteiger partial charge in [0.2, 0.25) is 0 Å². The smallest absolute Gasteiger partial charge is 0.320 e. The highest BCUT2D eigenvalue weighted by Crippen LogP contribution is 2.42. The monoisotopic (exact) mass is 326 g/mol. The van der Waals surface area contributed by atoms with E-state index in [4.69, 9.17) is 0 Å². The van der Waals surface area contributed by atoms with Gasteiger partial charge in [0.05, 0.1) is 11.4 Å². The van der Waals surface area contributed by atoms with Gasteiger partial charge in [0, 0.05) is 12.5 Å². The largest absolute Gasteiger partial charge is 0.480 e. The number of carboxylic acids is 1. The van der Waals surface area contributed by atoms with E-state index in [1.807, 2.05) is 35.0 Å². The van der Waals surface area contributed by atoms with Gasteiger partial charge >= 0.3 is 5.97 Å². The molecule has 0 radical (unpaired) electrons. The molecule has 0 bridgehead atoms. The Balaban J connectivity index is 1.64.